The second-order valence-corrected chi connectivity index (χ2v) is 5.14. The molecule has 21 heavy (non-hydrogen) atoms. The van der Waals surface area contributed by atoms with Gasteiger partial charge in [-0.3, -0.25) is 9.59 Å². The minimum absolute atomic E-state index is 0. The van der Waals surface area contributed by atoms with Crippen molar-refractivity contribution in [2.24, 2.45) is 0 Å². The van der Waals surface area contributed by atoms with Gasteiger partial charge in [0.1, 0.15) is 12.3 Å². The molecule has 2 amide bonds. The van der Waals surface area contributed by atoms with Crippen LogP contribution in [0.15, 0.2) is 23.0 Å². The summed E-state index contributed by atoms with van der Waals surface area (Å²) in [6, 6.07) is 1.28. The Morgan fingerprint density at radius 1 is 1.43 bits per heavy atom. The normalized spacial score (nSPS) is 16.7. The third kappa shape index (κ3) is 4.47. The average Bonchev–Trinajstić information content (AvgIpc) is 3.01. The highest BCUT2D eigenvalue weighted by Crippen LogP contribution is 2.11. The zero-order chi connectivity index (χ0) is 14.5. The Morgan fingerprint density at radius 3 is 2.67 bits per heavy atom. The van der Waals surface area contributed by atoms with Crippen molar-refractivity contribution in [2.45, 2.75) is 31.8 Å². The molecular formula is C14H22ClN3O3. The highest BCUT2D eigenvalue weighted by molar-refractivity contribution is 5.97. The van der Waals surface area contributed by atoms with Crippen molar-refractivity contribution in [3.8, 4) is 0 Å². The molecule has 0 saturated carbocycles. The number of piperidine rings is 1. The largest absolute Gasteiger partial charge is 0.472 e. The number of hydrogen-bond donors (Lipinski definition) is 2. The molecule has 0 radical (unpaired) electrons. The highest BCUT2D eigenvalue weighted by Gasteiger charge is 2.26. The van der Waals surface area contributed by atoms with Crippen molar-refractivity contribution in [3.05, 3.63) is 24.2 Å². The van der Waals surface area contributed by atoms with E-state index in [2.05, 4.69) is 10.6 Å². The van der Waals surface area contributed by atoms with Crippen LogP contribution in [0.1, 0.15) is 30.1 Å². The van der Waals surface area contributed by atoms with Crippen LogP contribution >= 0.6 is 12.4 Å². The molecule has 1 aliphatic rings. The maximum absolute atomic E-state index is 12.3. The predicted molar refractivity (Wildman–Crippen MR) is 81.5 cm³/mol. The molecule has 1 saturated heterocycles. The van der Waals surface area contributed by atoms with Gasteiger partial charge in [-0.2, -0.15) is 0 Å². The van der Waals surface area contributed by atoms with Crippen LogP contribution in [0, 0.1) is 0 Å². The van der Waals surface area contributed by atoms with Crippen molar-refractivity contribution >= 4 is 24.2 Å². The van der Waals surface area contributed by atoms with Crippen molar-refractivity contribution < 1.29 is 14.0 Å². The van der Waals surface area contributed by atoms with E-state index in [1.165, 1.54) is 12.5 Å². The molecule has 2 heterocycles. The van der Waals surface area contributed by atoms with Crippen LogP contribution in [0.4, 0.5) is 0 Å². The summed E-state index contributed by atoms with van der Waals surface area (Å²) in [4.78, 5) is 25.9. The Hall–Kier alpha value is -1.53. The molecule has 118 valence electrons. The monoisotopic (exact) mass is 315 g/mol. The van der Waals surface area contributed by atoms with E-state index in [9.17, 15) is 9.59 Å². The summed E-state index contributed by atoms with van der Waals surface area (Å²) >= 11 is 0. The van der Waals surface area contributed by atoms with Crippen LogP contribution in [-0.4, -0.2) is 48.9 Å². The van der Waals surface area contributed by atoms with Gasteiger partial charge in [0.25, 0.3) is 5.91 Å². The number of amides is 2. The molecule has 1 unspecified atom stereocenters. The first-order valence-corrected chi connectivity index (χ1v) is 6.90. The molecule has 2 N–H and O–H groups in total. The maximum Gasteiger partial charge on any atom is 0.255 e. The van der Waals surface area contributed by atoms with Gasteiger partial charge in [-0.15, -0.1) is 12.4 Å². The second-order valence-electron chi connectivity index (χ2n) is 5.14. The maximum atomic E-state index is 12.3. The lowest BCUT2D eigenvalue weighted by Crippen LogP contribution is -2.51. The lowest BCUT2D eigenvalue weighted by Gasteiger charge is -2.33. The summed E-state index contributed by atoms with van der Waals surface area (Å²) in [5, 5.41) is 5.97. The van der Waals surface area contributed by atoms with E-state index in [4.69, 9.17) is 4.42 Å². The van der Waals surface area contributed by atoms with Gasteiger partial charge in [-0.05, 0) is 38.9 Å². The topological polar surface area (TPSA) is 74.6 Å². The zero-order valence-corrected chi connectivity index (χ0v) is 13.1. The first kappa shape index (κ1) is 17.5. The van der Waals surface area contributed by atoms with E-state index in [-0.39, 0.29) is 30.3 Å². The van der Waals surface area contributed by atoms with Crippen LogP contribution in [0.25, 0.3) is 0 Å². The smallest absolute Gasteiger partial charge is 0.255 e. The van der Waals surface area contributed by atoms with Gasteiger partial charge in [0.05, 0.1) is 11.8 Å². The number of nitrogens with one attached hydrogen (secondary N) is 2. The van der Waals surface area contributed by atoms with E-state index in [0.29, 0.717) is 5.56 Å². The molecule has 1 fully saturated rings. The summed E-state index contributed by atoms with van der Waals surface area (Å²) in [5.41, 5.74) is 0.425. The Kier molecular flexibility index (Phi) is 6.71. The van der Waals surface area contributed by atoms with Crippen LogP contribution < -0.4 is 10.6 Å². The highest BCUT2D eigenvalue weighted by atomic mass is 35.5. The van der Waals surface area contributed by atoms with Gasteiger partial charge < -0.3 is 20.0 Å². The number of carbonyl (C=O) groups excluding carboxylic acids is 2. The Morgan fingerprint density at radius 2 is 2.10 bits per heavy atom. The molecule has 0 aromatic carbocycles. The van der Waals surface area contributed by atoms with Crippen molar-refractivity contribution in [1.29, 1.82) is 0 Å². The standard InChI is InChI=1S/C14H21N3O3.ClH/c1-10(16-13(18)11-5-8-20-9-11)14(19)17(2)12-3-6-15-7-4-12;/h5,8-10,12,15H,3-4,6-7H2,1-2H3,(H,16,18);1H. The Labute approximate surface area is 130 Å². The number of nitrogens with zero attached hydrogens (tertiary/aromatic N) is 1. The molecule has 7 heteroatoms. The third-order valence-electron chi connectivity index (χ3n) is 3.71. The number of rotatable bonds is 4. The van der Waals surface area contributed by atoms with E-state index in [1.807, 2.05) is 0 Å². The van der Waals surface area contributed by atoms with Gasteiger partial charge in [0, 0.05) is 13.1 Å². The SMILES string of the molecule is CC(NC(=O)c1ccoc1)C(=O)N(C)C1CCNCC1.Cl. The van der Waals surface area contributed by atoms with E-state index < -0.39 is 6.04 Å². The van der Waals surface area contributed by atoms with E-state index in [0.717, 1.165) is 25.9 Å². The average molecular weight is 316 g/mol. The summed E-state index contributed by atoms with van der Waals surface area (Å²) < 4.78 is 4.86. The first-order chi connectivity index (χ1) is 9.59. The molecule has 0 spiro atoms. The van der Waals surface area contributed by atoms with Gasteiger partial charge in [0.2, 0.25) is 5.91 Å². The fourth-order valence-electron chi connectivity index (χ4n) is 2.41. The predicted octanol–water partition coefficient (Wildman–Crippen LogP) is 1.03. The fourth-order valence-corrected chi connectivity index (χ4v) is 2.41. The van der Waals surface area contributed by atoms with Crippen LogP contribution in [-0.2, 0) is 4.79 Å². The van der Waals surface area contributed by atoms with E-state index in [1.54, 1.807) is 24.9 Å². The number of hydrogen-bond acceptors (Lipinski definition) is 4. The Bertz CT molecular complexity index is 458. The van der Waals surface area contributed by atoms with Crippen LogP contribution in [0.5, 0.6) is 0 Å². The number of likely N-dealkylation sites (N-methyl/N-ethyl adjacent to an activating group) is 1. The number of furan rings is 1. The fraction of sp³-hybridized carbons (Fsp3) is 0.571. The van der Waals surface area contributed by atoms with Crippen LogP contribution in [0.2, 0.25) is 0 Å². The Balaban J connectivity index is 0.00000220. The molecule has 6 nitrogen and oxygen atoms in total. The second kappa shape index (κ2) is 8.05. The summed E-state index contributed by atoms with van der Waals surface area (Å²) in [6.45, 7) is 3.56. The van der Waals surface area contributed by atoms with Crippen molar-refractivity contribution in [2.75, 3.05) is 20.1 Å². The third-order valence-corrected chi connectivity index (χ3v) is 3.71. The number of halogens is 1. The number of carbonyl (C=O) groups is 2. The molecule has 0 aliphatic carbocycles. The summed E-state index contributed by atoms with van der Waals surface area (Å²) in [5.74, 6) is -0.355. The van der Waals surface area contributed by atoms with Gasteiger partial charge >= 0.3 is 0 Å². The minimum atomic E-state index is -0.544. The summed E-state index contributed by atoms with van der Waals surface area (Å²) in [7, 11) is 1.80. The summed E-state index contributed by atoms with van der Waals surface area (Å²) in [6.07, 6.45) is 4.70. The van der Waals surface area contributed by atoms with Gasteiger partial charge in [-0.25, -0.2) is 0 Å². The quantitative estimate of drug-likeness (QED) is 0.870. The molecule has 1 aromatic heterocycles. The van der Waals surface area contributed by atoms with Gasteiger partial charge in [0.15, 0.2) is 0 Å². The molecule has 1 atom stereocenters. The lowest BCUT2D eigenvalue weighted by molar-refractivity contribution is -0.134. The molecule has 0 bridgehead atoms. The van der Waals surface area contributed by atoms with Crippen LogP contribution in [0.3, 0.4) is 0 Å². The molecular weight excluding hydrogens is 294 g/mol. The van der Waals surface area contributed by atoms with Crippen molar-refractivity contribution in [1.82, 2.24) is 15.5 Å². The minimum Gasteiger partial charge on any atom is -0.472 e. The first-order valence-electron chi connectivity index (χ1n) is 6.90. The van der Waals surface area contributed by atoms with Crippen molar-refractivity contribution in [3.63, 3.8) is 0 Å². The molecule has 2 rings (SSSR count). The molecule has 1 aromatic rings. The molecule has 1 aliphatic heterocycles. The van der Waals surface area contributed by atoms with E-state index >= 15 is 0 Å². The zero-order valence-electron chi connectivity index (χ0n) is 12.3. The lowest BCUT2D eigenvalue weighted by atomic mass is 10.0. The van der Waals surface area contributed by atoms with Gasteiger partial charge in [-0.1, -0.05) is 0 Å².